The van der Waals surface area contributed by atoms with Crippen LogP contribution in [0, 0.1) is 0 Å². The van der Waals surface area contributed by atoms with Crippen LogP contribution in [0.25, 0.3) is 0 Å². The van der Waals surface area contributed by atoms with Gasteiger partial charge >= 0.3 is 6.18 Å². The fourth-order valence-electron chi connectivity index (χ4n) is 3.26. The van der Waals surface area contributed by atoms with Crippen LogP contribution in [0.5, 0.6) is 0 Å². The molecule has 2 aromatic rings. The molecule has 1 aromatic carbocycles. The maximum Gasteiger partial charge on any atom is 0.417 e. The third-order valence-electron chi connectivity index (χ3n) is 4.46. The molecule has 2 atom stereocenters. The fourth-order valence-corrected chi connectivity index (χ4v) is 3.69. The van der Waals surface area contributed by atoms with E-state index in [4.69, 9.17) is 11.6 Å². The minimum Gasteiger partial charge on any atom is -0.393 e. The van der Waals surface area contributed by atoms with E-state index < -0.39 is 28.8 Å². The van der Waals surface area contributed by atoms with Crippen LogP contribution in [0.1, 0.15) is 53.2 Å². The Morgan fingerprint density at radius 2 is 2.08 bits per heavy atom. The number of carbonyl (C=O) groups excluding carboxylic acids is 1. The first kappa shape index (κ1) is 18.7. The van der Waals surface area contributed by atoms with Gasteiger partial charge in [0.2, 0.25) is 0 Å². The number of aromatic nitrogens is 1. The Hall–Kier alpha value is -2.06. The average molecular weight is 389 g/mol. The Balaban J connectivity index is 2.02. The van der Waals surface area contributed by atoms with Crippen molar-refractivity contribution in [1.82, 2.24) is 5.16 Å². The predicted molar refractivity (Wildman–Crippen MR) is 88.1 cm³/mol. The van der Waals surface area contributed by atoms with Crippen molar-refractivity contribution in [2.24, 2.45) is 0 Å². The van der Waals surface area contributed by atoms with Crippen LogP contribution in [0.2, 0.25) is 5.02 Å². The van der Waals surface area contributed by atoms with Crippen LogP contribution in [0.15, 0.2) is 29.0 Å². The molecule has 0 saturated heterocycles. The molecule has 1 aliphatic carbocycles. The molecule has 1 amide bonds. The highest BCUT2D eigenvalue weighted by atomic mass is 35.5. The summed E-state index contributed by atoms with van der Waals surface area (Å²) < 4.78 is 44.3. The topological polar surface area (TPSA) is 75.4 Å². The van der Waals surface area contributed by atoms with Gasteiger partial charge in [-0.05, 0) is 42.9 Å². The molecule has 0 radical (unpaired) electrons. The third kappa shape index (κ3) is 3.86. The molecule has 140 valence electrons. The van der Waals surface area contributed by atoms with E-state index >= 15 is 0 Å². The SMILES string of the molecule is O=C(Nc1ccc(C(F)(F)F)c(Cl)c1[C@@H]1CCC[C@H](O)C1)c1ccon1. The molecule has 1 saturated carbocycles. The molecule has 1 aliphatic rings. The van der Waals surface area contributed by atoms with Crippen LogP contribution in [-0.4, -0.2) is 22.3 Å². The standard InChI is InChI=1S/C17H16ClF3N2O3/c18-15-11(17(19,20)21)4-5-12(22-16(25)13-6-7-26-23-13)14(15)9-2-1-3-10(24)8-9/h4-7,9-10,24H,1-3,8H2,(H,22,25)/t9-,10+/m1/s1. The van der Waals surface area contributed by atoms with E-state index in [0.717, 1.165) is 6.07 Å². The lowest BCUT2D eigenvalue weighted by Crippen LogP contribution is -2.22. The summed E-state index contributed by atoms with van der Waals surface area (Å²) in [5.74, 6) is -1.01. The maximum atomic E-state index is 13.2. The Kier molecular flexibility index (Phi) is 5.24. The number of carbonyl (C=O) groups is 1. The molecule has 1 fully saturated rings. The van der Waals surface area contributed by atoms with E-state index in [2.05, 4.69) is 15.0 Å². The highest BCUT2D eigenvalue weighted by Crippen LogP contribution is 2.45. The lowest BCUT2D eigenvalue weighted by Gasteiger charge is -2.29. The van der Waals surface area contributed by atoms with Crippen molar-refractivity contribution < 1.29 is 27.6 Å². The molecule has 0 spiro atoms. The summed E-state index contributed by atoms with van der Waals surface area (Å²) in [5.41, 5.74) is -0.600. The van der Waals surface area contributed by atoms with Crippen molar-refractivity contribution in [3.8, 4) is 0 Å². The number of amides is 1. The number of alkyl halides is 3. The van der Waals surface area contributed by atoms with Gasteiger partial charge in [0.05, 0.1) is 16.7 Å². The predicted octanol–water partition coefficient (Wildman–Crippen LogP) is 4.62. The van der Waals surface area contributed by atoms with Crippen LogP contribution in [0.4, 0.5) is 18.9 Å². The van der Waals surface area contributed by atoms with Gasteiger partial charge in [0.1, 0.15) is 6.26 Å². The zero-order valence-corrected chi connectivity index (χ0v) is 14.3. The Labute approximate surface area is 152 Å². The molecule has 2 N–H and O–H groups in total. The van der Waals surface area contributed by atoms with Crippen molar-refractivity contribution in [3.05, 3.63) is 46.3 Å². The molecule has 1 aromatic heterocycles. The highest BCUT2D eigenvalue weighted by molar-refractivity contribution is 6.33. The normalized spacial score (nSPS) is 20.8. The number of nitrogens with one attached hydrogen (secondary N) is 1. The van der Waals surface area contributed by atoms with Gasteiger partial charge in [-0.3, -0.25) is 4.79 Å². The summed E-state index contributed by atoms with van der Waals surface area (Å²) in [6, 6.07) is 3.36. The monoisotopic (exact) mass is 388 g/mol. The second-order valence-electron chi connectivity index (χ2n) is 6.24. The Bertz CT molecular complexity index is 793. The summed E-state index contributed by atoms with van der Waals surface area (Å²) in [7, 11) is 0. The van der Waals surface area contributed by atoms with E-state index in [9.17, 15) is 23.1 Å². The van der Waals surface area contributed by atoms with Crippen molar-refractivity contribution in [1.29, 1.82) is 0 Å². The first-order valence-electron chi connectivity index (χ1n) is 8.06. The van der Waals surface area contributed by atoms with Gasteiger partial charge in [0, 0.05) is 11.8 Å². The molecule has 26 heavy (non-hydrogen) atoms. The summed E-state index contributed by atoms with van der Waals surface area (Å²) in [4.78, 5) is 12.2. The van der Waals surface area contributed by atoms with Crippen molar-refractivity contribution >= 4 is 23.2 Å². The van der Waals surface area contributed by atoms with Crippen molar-refractivity contribution in [2.45, 2.75) is 43.9 Å². The van der Waals surface area contributed by atoms with Gasteiger partial charge in [-0.25, -0.2) is 0 Å². The minimum absolute atomic E-state index is 0.00403. The van der Waals surface area contributed by atoms with E-state index in [-0.39, 0.29) is 29.3 Å². The van der Waals surface area contributed by atoms with Crippen LogP contribution >= 0.6 is 11.6 Å². The van der Waals surface area contributed by atoms with Gasteiger partial charge in [0.25, 0.3) is 5.91 Å². The van der Waals surface area contributed by atoms with Gasteiger partial charge in [0.15, 0.2) is 5.69 Å². The average Bonchev–Trinajstić information content (AvgIpc) is 3.08. The van der Waals surface area contributed by atoms with Gasteiger partial charge < -0.3 is 14.9 Å². The zero-order valence-electron chi connectivity index (χ0n) is 13.5. The number of halogens is 4. The van der Waals surface area contributed by atoms with Crippen LogP contribution in [-0.2, 0) is 6.18 Å². The Morgan fingerprint density at radius 1 is 1.31 bits per heavy atom. The first-order chi connectivity index (χ1) is 12.3. The quantitative estimate of drug-likeness (QED) is 0.804. The molecule has 0 bridgehead atoms. The van der Waals surface area contributed by atoms with Crippen LogP contribution < -0.4 is 5.32 Å². The molecule has 1 heterocycles. The lowest BCUT2D eigenvalue weighted by atomic mass is 9.81. The first-order valence-corrected chi connectivity index (χ1v) is 8.44. The molecular weight excluding hydrogens is 373 g/mol. The number of anilines is 1. The van der Waals surface area contributed by atoms with Crippen molar-refractivity contribution in [3.63, 3.8) is 0 Å². The molecule has 0 aliphatic heterocycles. The Morgan fingerprint density at radius 3 is 2.69 bits per heavy atom. The molecule has 5 nitrogen and oxygen atoms in total. The smallest absolute Gasteiger partial charge is 0.393 e. The van der Waals surface area contributed by atoms with Crippen molar-refractivity contribution in [2.75, 3.05) is 5.32 Å². The van der Waals surface area contributed by atoms with Crippen LogP contribution in [0.3, 0.4) is 0 Å². The number of aliphatic hydroxyl groups is 1. The van der Waals surface area contributed by atoms with Gasteiger partial charge in [-0.15, -0.1) is 0 Å². The molecule has 3 rings (SSSR count). The summed E-state index contributed by atoms with van der Waals surface area (Å²) >= 11 is 6.10. The fraction of sp³-hybridized carbons (Fsp3) is 0.412. The van der Waals surface area contributed by atoms with E-state index in [1.54, 1.807) is 0 Å². The summed E-state index contributed by atoms with van der Waals surface area (Å²) in [6.45, 7) is 0. The lowest BCUT2D eigenvalue weighted by molar-refractivity contribution is -0.137. The molecular formula is C17H16ClF3N2O3. The second kappa shape index (κ2) is 7.28. The van der Waals surface area contributed by atoms with Gasteiger partial charge in [-0.2, -0.15) is 13.2 Å². The summed E-state index contributed by atoms with van der Waals surface area (Å²) in [6.07, 6.45) is -1.90. The molecule has 9 heteroatoms. The number of nitrogens with zero attached hydrogens (tertiary/aromatic N) is 1. The maximum absolute atomic E-state index is 13.2. The van der Waals surface area contributed by atoms with E-state index in [1.807, 2.05) is 0 Å². The second-order valence-corrected chi connectivity index (χ2v) is 6.62. The third-order valence-corrected chi connectivity index (χ3v) is 4.87. The largest absolute Gasteiger partial charge is 0.417 e. The van der Waals surface area contributed by atoms with E-state index in [1.165, 1.54) is 18.4 Å². The molecule has 0 unspecified atom stereocenters. The number of aliphatic hydroxyl groups excluding tert-OH is 1. The number of hydrogen-bond donors (Lipinski definition) is 2. The highest BCUT2D eigenvalue weighted by Gasteiger charge is 2.37. The van der Waals surface area contributed by atoms with Gasteiger partial charge in [-0.1, -0.05) is 23.2 Å². The number of rotatable bonds is 3. The number of hydrogen-bond acceptors (Lipinski definition) is 4. The van der Waals surface area contributed by atoms with E-state index in [0.29, 0.717) is 19.3 Å². The summed E-state index contributed by atoms with van der Waals surface area (Å²) in [5, 5.41) is 15.5. The zero-order chi connectivity index (χ0) is 18.9. The minimum atomic E-state index is -4.62. The number of benzene rings is 1.